The molecule has 1 aromatic carbocycles. The molecule has 0 radical (unpaired) electrons. The number of hydrogen-bond donors (Lipinski definition) is 1. The number of ether oxygens (including phenoxy) is 1. The van der Waals surface area contributed by atoms with Crippen LogP contribution in [0.15, 0.2) is 18.2 Å². The van der Waals surface area contributed by atoms with Crippen LogP contribution in [-0.2, 0) is 11.3 Å². The van der Waals surface area contributed by atoms with Crippen LogP contribution in [0, 0.1) is 5.82 Å². The molecule has 1 heterocycles. The first-order valence-corrected chi connectivity index (χ1v) is 7.09. The Morgan fingerprint density at radius 3 is 2.68 bits per heavy atom. The Labute approximate surface area is 136 Å². The molecule has 2 rings (SSSR count). The van der Waals surface area contributed by atoms with Gasteiger partial charge in [0, 0.05) is 32.7 Å². The quantitative estimate of drug-likeness (QED) is 0.878. The maximum atomic E-state index is 13.6. The monoisotopic (exact) mass is 331 g/mol. The SMILES string of the molecule is COc1ccc(CN(C)CC(=O)N2CCNCC2)cc1F.Cl. The Morgan fingerprint density at radius 1 is 1.41 bits per heavy atom. The largest absolute Gasteiger partial charge is 0.494 e. The number of methoxy groups -OCH3 is 1. The second kappa shape index (κ2) is 8.92. The average Bonchev–Trinajstić information content (AvgIpc) is 2.48. The summed E-state index contributed by atoms with van der Waals surface area (Å²) in [6.45, 7) is 4.07. The van der Waals surface area contributed by atoms with Crippen molar-refractivity contribution in [1.82, 2.24) is 15.1 Å². The number of nitrogens with zero attached hydrogens (tertiary/aromatic N) is 2. The molecule has 0 bridgehead atoms. The molecule has 22 heavy (non-hydrogen) atoms. The predicted molar refractivity (Wildman–Crippen MR) is 86.0 cm³/mol. The molecule has 0 aromatic heterocycles. The minimum absolute atomic E-state index is 0. The summed E-state index contributed by atoms with van der Waals surface area (Å²) in [6.07, 6.45) is 0. The summed E-state index contributed by atoms with van der Waals surface area (Å²) in [7, 11) is 3.30. The molecule has 0 saturated carbocycles. The molecular formula is C15H23ClFN3O2. The molecule has 0 atom stereocenters. The molecule has 1 aromatic rings. The fourth-order valence-corrected chi connectivity index (χ4v) is 2.42. The highest BCUT2D eigenvalue weighted by atomic mass is 35.5. The van der Waals surface area contributed by atoms with Crippen LogP contribution >= 0.6 is 12.4 Å². The van der Waals surface area contributed by atoms with Gasteiger partial charge in [-0.1, -0.05) is 6.07 Å². The van der Waals surface area contributed by atoms with Crippen molar-refractivity contribution in [1.29, 1.82) is 0 Å². The molecule has 124 valence electrons. The van der Waals surface area contributed by atoms with Gasteiger partial charge in [0.2, 0.25) is 5.91 Å². The average molecular weight is 332 g/mol. The van der Waals surface area contributed by atoms with Crippen LogP contribution in [-0.4, -0.2) is 62.6 Å². The molecule has 7 heteroatoms. The Bertz CT molecular complexity index is 496. The molecule has 0 spiro atoms. The van der Waals surface area contributed by atoms with E-state index >= 15 is 0 Å². The summed E-state index contributed by atoms with van der Waals surface area (Å²) < 4.78 is 18.5. The summed E-state index contributed by atoms with van der Waals surface area (Å²) in [6, 6.07) is 4.87. The van der Waals surface area contributed by atoms with Crippen molar-refractivity contribution in [2.24, 2.45) is 0 Å². The zero-order valence-electron chi connectivity index (χ0n) is 13.0. The number of halogens is 2. The Kier molecular flexibility index (Phi) is 7.58. The number of rotatable bonds is 5. The lowest BCUT2D eigenvalue weighted by Crippen LogP contribution is -2.49. The van der Waals surface area contributed by atoms with Gasteiger partial charge in [0.05, 0.1) is 13.7 Å². The minimum Gasteiger partial charge on any atom is -0.494 e. The van der Waals surface area contributed by atoms with Crippen molar-refractivity contribution < 1.29 is 13.9 Å². The van der Waals surface area contributed by atoms with E-state index < -0.39 is 0 Å². The molecule has 0 unspecified atom stereocenters. The lowest BCUT2D eigenvalue weighted by molar-refractivity contribution is -0.132. The predicted octanol–water partition coefficient (Wildman–Crippen LogP) is 1.12. The van der Waals surface area contributed by atoms with Crippen LogP contribution in [0.4, 0.5) is 4.39 Å². The van der Waals surface area contributed by atoms with Crippen LogP contribution in [0.25, 0.3) is 0 Å². The van der Waals surface area contributed by atoms with Crippen molar-refractivity contribution >= 4 is 18.3 Å². The summed E-state index contributed by atoms with van der Waals surface area (Å²) in [5.74, 6) is -0.0249. The molecular weight excluding hydrogens is 309 g/mol. The Hall–Kier alpha value is -1.37. The van der Waals surface area contributed by atoms with Gasteiger partial charge in [-0.3, -0.25) is 9.69 Å². The van der Waals surface area contributed by atoms with E-state index in [4.69, 9.17) is 4.74 Å². The van der Waals surface area contributed by atoms with Gasteiger partial charge in [0.15, 0.2) is 11.6 Å². The molecule has 1 fully saturated rings. The van der Waals surface area contributed by atoms with Crippen molar-refractivity contribution in [3.05, 3.63) is 29.6 Å². The third kappa shape index (κ3) is 5.12. The summed E-state index contributed by atoms with van der Waals surface area (Å²) >= 11 is 0. The highest BCUT2D eigenvalue weighted by molar-refractivity contribution is 5.85. The smallest absolute Gasteiger partial charge is 0.236 e. The molecule has 1 saturated heterocycles. The first-order valence-electron chi connectivity index (χ1n) is 7.09. The summed E-state index contributed by atoms with van der Waals surface area (Å²) in [5.41, 5.74) is 0.823. The fraction of sp³-hybridized carbons (Fsp3) is 0.533. The van der Waals surface area contributed by atoms with Gasteiger partial charge in [-0.05, 0) is 24.7 Å². The van der Waals surface area contributed by atoms with Gasteiger partial charge in [-0.25, -0.2) is 4.39 Å². The van der Waals surface area contributed by atoms with E-state index in [0.717, 1.165) is 31.7 Å². The molecule has 0 aliphatic carbocycles. The molecule has 1 amide bonds. The summed E-state index contributed by atoms with van der Waals surface area (Å²) in [5, 5.41) is 3.22. The molecule has 1 aliphatic heterocycles. The van der Waals surface area contributed by atoms with Gasteiger partial charge < -0.3 is 15.0 Å². The Balaban J connectivity index is 0.00000242. The number of carbonyl (C=O) groups excluding carboxylic acids is 1. The van der Waals surface area contributed by atoms with Crippen molar-refractivity contribution in [2.75, 3.05) is 46.9 Å². The number of benzene rings is 1. The van der Waals surface area contributed by atoms with Gasteiger partial charge in [-0.15, -0.1) is 12.4 Å². The second-order valence-corrected chi connectivity index (χ2v) is 5.27. The van der Waals surface area contributed by atoms with Crippen LogP contribution in [0.5, 0.6) is 5.75 Å². The van der Waals surface area contributed by atoms with E-state index in [-0.39, 0.29) is 29.9 Å². The van der Waals surface area contributed by atoms with E-state index in [0.29, 0.717) is 13.1 Å². The van der Waals surface area contributed by atoms with Gasteiger partial charge in [0.25, 0.3) is 0 Å². The van der Waals surface area contributed by atoms with E-state index in [1.54, 1.807) is 6.07 Å². The van der Waals surface area contributed by atoms with Crippen molar-refractivity contribution in [3.63, 3.8) is 0 Å². The maximum absolute atomic E-state index is 13.6. The van der Waals surface area contributed by atoms with E-state index in [9.17, 15) is 9.18 Å². The van der Waals surface area contributed by atoms with Crippen molar-refractivity contribution in [2.45, 2.75) is 6.54 Å². The lowest BCUT2D eigenvalue weighted by Gasteiger charge is -2.29. The third-order valence-electron chi connectivity index (χ3n) is 3.54. The first kappa shape index (κ1) is 18.7. The topological polar surface area (TPSA) is 44.8 Å². The summed E-state index contributed by atoms with van der Waals surface area (Å²) in [4.78, 5) is 15.9. The van der Waals surface area contributed by atoms with E-state index in [1.165, 1.54) is 13.2 Å². The number of amides is 1. The maximum Gasteiger partial charge on any atom is 0.236 e. The second-order valence-electron chi connectivity index (χ2n) is 5.27. The van der Waals surface area contributed by atoms with E-state index in [1.807, 2.05) is 22.9 Å². The number of likely N-dealkylation sites (N-methyl/N-ethyl adjacent to an activating group) is 1. The highest BCUT2D eigenvalue weighted by Gasteiger charge is 2.17. The standard InChI is InChI=1S/C15H22FN3O2.ClH/c1-18(11-15(20)19-7-5-17-6-8-19)10-12-3-4-14(21-2)13(16)9-12;/h3-4,9,17H,5-8,10-11H2,1-2H3;1H. The zero-order chi connectivity index (χ0) is 15.2. The number of carbonyl (C=O) groups is 1. The number of hydrogen-bond acceptors (Lipinski definition) is 4. The van der Waals surface area contributed by atoms with Crippen molar-refractivity contribution in [3.8, 4) is 5.75 Å². The molecule has 1 aliphatic rings. The van der Waals surface area contributed by atoms with Crippen LogP contribution in [0.2, 0.25) is 0 Å². The van der Waals surface area contributed by atoms with Gasteiger partial charge in [-0.2, -0.15) is 0 Å². The molecule has 5 nitrogen and oxygen atoms in total. The normalized spacial score (nSPS) is 14.6. The lowest BCUT2D eigenvalue weighted by atomic mass is 10.2. The zero-order valence-corrected chi connectivity index (χ0v) is 13.8. The van der Waals surface area contributed by atoms with Gasteiger partial charge in [0.1, 0.15) is 0 Å². The minimum atomic E-state index is -0.378. The first-order chi connectivity index (χ1) is 10.1. The fourth-order valence-electron chi connectivity index (χ4n) is 2.42. The number of nitrogens with one attached hydrogen (secondary N) is 1. The van der Waals surface area contributed by atoms with E-state index in [2.05, 4.69) is 5.32 Å². The van der Waals surface area contributed by atoms with Crippen LogP contribution in [0.3, 0.4) is 0 Å². The molecule has 1 N–H and O–H groups in total. The third-order valence-corrected chi connectivity index (χ3v) is 3.54. The van der Waals surface area contributed by atoms with Crippen LogP contribution < -0.4 is 10.1 Å². The highest BCUT2D eigenvalue weighted by Crippen LogP contribution is 2.18. The Morgan fingerprint density at radius 2 is 2.09 bits per heavy atom. The van der Waals surface area contributed by atoms with Crippen LogP contribution in [0.1, 0.15) is 5.56 Å². The number of piperazine rings is 1. The van der Waals surface area contributed by atoms with Gasteiger partial charge >= 0.3 is 0 Å².